The molecule has 0 unspecified atom stereocenters. The normalized spacial score (nSPS) is 11.2. The van der Waals surface area contributed by atoms with Crippen molar-refractivity contribution in [3.05, 3.63) is 82.3 Å². The number of rotatable bonds is 4. The van der Waals surface area contributed by atoms with Crippen molar-refractivity contribution in [3.63, 3.8) is 0 Å². The standard InChI is InChI=1S/C17H12ClFN2O/c18-15-11-14(19)8-6-13(15)7-9-16-20-21-17(22-16)10-12-4-2-1-3-5-12/h1-9,11H,10H2/b9-7+. The first-order valence-corrected chi connectivity index (χ1v) is 7.08. The molecule has 0 N–H and O–H groups in total. The van der Waals surface area contributed by atoms with Crippen LogP contribution in [-0.2, 0) is 6.42 Å². The minimum Gasteiger partial charge on any atom is -0.421 e. The highest BCUT2D eigenvalue weighted by Crippen LogP contribution is 2.19. The second kappa shape index (κ2) is 6.54. The fraction of sp³-hybridized carbons (Fsp3) is 0.0588. The van der Waals surface area contributed by atoms with Gasteiger partial charge in [0.2, 0.25) is 11.8 Å². The topological polar surface area (TPSA) is 38.9 Å². The van der Waals surface area contributed by atoms with E-state index in [1.165, 1.54) is 12.1 Å². The molecule has 0 bridgehead atoms. The van der Waals surface area contributed by atoms with Gasteiger partial charge in [0.05, 0.1) is 11.4 Å². The molecule has 0 radical (unpaired) electrons. The first-order valence-electron chi connectivity index (χ1n) is 6.70. The lowest BCUT2D eigenvalue weighted by molar-refractivity contribution is 0.496. The number of hydrogen-bond donors (Lipinski definition) is 0. The van der Waals surface area contributed by atoms with Crippen molar-refractivity contribution >= 4 is 23.8 Å². The maximum Gasteiger partial charge on any atom is 0.240 e. The molecule has 3 aromatic rings. The zero-order valence-corrected chi connectivity index (χ0v) is 12.3. The maximum atomic E-state index is 13.0. The van der Waals surface area contributed by atoms with E-state index in [0.29, 0.717) is 28.8 Å². The van der Waals surface area contributed by atoms with Crippen LogP contribution in [0.3, 0.4) is 0 Å². The molecule has 2 aromatic carbocycles. The Kier molecular flexibility index (Phi) is 4.30. The third kappa shape index (κ3) is 3.59. The second-order valence-corrected chi connectivity index (χ2v) is 5.10. The van der Waals surface area contributed by atoms with Crippen LogP contribution in [-0.4, -0.2) is 10.2 Å². The van der Waals surface area contributed by atoms with Crippen molar-refractivity contribution in [2.45, 2.75) is 6.42 Å². The second-order valence-electron chi connectivity index (χ2n) is 4.70. The van der Waals surface area contributed by atoms with E-state index in [-0.39, 0.29) is 5.82 Å². The highest BCUT2D eigenvalue weighted by molar-refractivity contribution is 6.32. The molecule has 3 nitrogen and oxygen atoms in total. The lowest BCUT2D eigenvalue weighted by atomic mass is 10.2. The third-order valence-corrected chi connectivity index (χ3v) is 3.38. The minimum atomic E-state index is -0.370. The lowest BCUT2D eigenvalue weighted by Crippen LogP contribution is -1.87. The summed E-state index contributed by atoms with van der Waals surface area (Å²) in [7, 11) is 0. The average Bonchev–Trinajstić information content (AvgIpc) is 2.95. The summed E-state index contributed by atoms with van der Waals surface area (Å²) in [5.41, 5.74) is 1.79. The fourth-order valence-corrected chi connectivity index (χ4v) is 2.20. The Balaban J connectivity index is 1.72. The summed E-state index contributed by atoms with van der Waals surface area (Å²) in [6.45, 7) is 0. The lowest BCUT2D eigenvalue weighted by Gasteiger charge is -1.97. The van der Waals surface area contributed by atoms with Crippen molar-refractivity contribution in [1.29, 1.82) is 0 Å². The predicted octanol–water partition coefficient (Wildman–Crippen LogP) is 4.62. The minimum absolute atomic E-state index is 0.334. The van der Waals surface area contributed by atoms with Crippen LogP contribution >= 0.6 is 11.6 Å². The van der Waals surface area contributed by atoms with Gasteiger partial charge in [-0.15, -0.1) is 10.2 Å². The molecule has 1 heterocycles. The largest absolute Gasteiger partial charge is 0.421 e. The molecule has 0 spiro atoms. The van der Waals surface area contributed by atoms with Crippen molar-refractivity contribution in [2.75, 3.05) is 0 Å². The molecule has 0 aliphatic rings. The van der Waals surface area contributed by atoms with Gasteiger partial charge in [-0.2, -0.15) is 0 Å². The molecule has 0 saturated heterocycles. The van der Waals surface area contributed by atoms with E-state index < -0.39 is 0 Å². The Morgan fingerprint density at radius 2 is 1.86 bits per heavy atom. The molecule has 5 heteroatoms. The predicted molar refractivity (Wildman–Crippen MR) is 83.9 cm³/mol. The molecular formula is C17H12ClFN2O. The zero-order valence-electron chi connectivity index (χ0n) is 11.5. The van der Waals surface area contributed by atoms with Gasteiger partial charge in [-0.25, -0.2) is 4.39 Å². The average molecular weight is 315 g/mol. The summed E-state index contributed by atoms with van der Waals surface area (Å²) in [6.07, 6.45) is 3.95. The highest BCUT2D eigenvalue weighted by atomic mass is 35.5. The van der Waals surface area contributed by atoms with E-state index in [9.17, 15) is 4.39 Å². The molecule has 1 aromatic heterocycles. The van der Waals surface area contributed by atoms with Gasteiger partial charge in [0.1, 0.15) is 5.82 Å². The maximum absolute atomic E-state index is 13.0. The van der Waals surface area contributed by atoms with E-state index in [4.69, 9.17) is 16.0 Å². The summed E-state index contributed by atoms with van der Waals surface area (Å²) < 4.78 is 18.5. The van der Waals surface area contributed by atoms with Gasteiger partial charge in [-0.1, -0.05) is 48.0 Å². The van der Waals surface area contributed by atoms with Gasteiger partial charge in [-0.3, -0.25) is 0 Å². The summed E-state index contributed by atoms with van der Waals surface area (Å²) in [6, 6.07) is 14.1. The monoisotopic (exact) mass is 314 g/mol. The van der Waals surface area contributed by atoms with Crippen molar-refractivity contribution in [1.82, 2.24) is 10.2 Å². The van der Waals surface area contributed by atoms with Crippen molar-refractivity contribution in [3.8, 4) is 0 Å². The number of hydrogen-bond acceptors (Lipinski definition) is 3. The molecule has 3 rings (SSSR count). The Morgan fingerprint density at radius 1 is 1.05 bits per heavy atom. The van der Waals surface area contributed by atoms with Crippen LogP contribution in [0.15, 0.2) is 52.9 Å². The molecular weight excluding hydrogens is 303 g/mol. The number of nitrogens with zero attached hydrogens (tertiary/aromatic N) is 2. The number of benzene rings is 2. The SMILES string of the molecule is Fc1ccc(/C=C/c2nnc(Cc3ccccc3)o2)c(Cl)c1. The Bertz CT molecular complexity index is 799. The van der Waals surface area contributed by atoms with Gasteiger partial charge in [0.25, 0.3) is 0 Å². The number of halogens is 2. The van der Waals surface area contributed by atoms with E-state index >= 15 is 0 Å². The molecule has 22 heavy (non-hydrogen) atoms. The van der Waals surface area contributed by atoms with Crippen molar-refractivity contribution < 1.29 is 8.81 Å². The van der Waals surface area contributed by atoms with E-state index in [0.717, 1.165) is 5.56 Å². The smallest absolute Gasteiger partial charge is 0.240 e. The summed E-state index contributed by atoms with van der Waals surface area (Å²) in [5.74, 6) is 0.549. The van der Waals surface area contributed by atoms with Crippen LogP contribution in [0.4, 0.5) is 4.39 Å². The van der Waals surface area contributed by atoms with E-state index in [2.05, 4.69) is 10.2 Å². The van der Waals surface area contributed by atoms with Gasteiger partial charge in [0.15, 0.2) is 0 Å². The van der Waals surface area contributed by atoms with Crippen molar-refractivity contribution in [2.24, 2.45) is 0 Å². The van der Waals surface area contributed by atoms with Crippen LogP contribution < -0.4 is 0 Å². The van der Waals surface area contributed by atoms with Gasteiger partial charge < -0.3 is 4.42 Å². The van der Waals surface area contributed by atoms with Gasteiger partial charge in [-0.05, 0) is 29.3 Å². The van der Waals surface area contributed by atoms with Gasteiger partial charge >= 0.3 is 0 Å². The molecule has 0 amide bonds. The Labute approximate surface area is 132 Å². The molecule has 0 saturated carbocycles. The van der Waals surface area contributed by atoms with Crippen LogP contribution in [0.1, 0.15) is 22.9 Å². The molecule has 0 aliphatic carbocycles. The Hall–Kier alpha value is -2.46. The van der Waals surface area contributed by atoms with Crippen LogP contribution in [0.25, 0.3) is 12.2 Å². The fourth-order valence-electron chi connectivity index (χ4n) is 1.97. The third-order valence-electron chi connectivity index (χ3n) is 3.05. The highest BCUT2D eigenvalue weighted by Gasteiger charge is 2.05. The summed E-state index contributed by atoms with van der Waals surface area (Å²) in [4.78, 5) is 0. The summed E-state index contributed by atoms with van der Waals surface area (Å²) in [5, 5.41) is 8.29. The van der Waals surface area contributed by atoms with E-state index in [1.54, 1.807) is 18.2 Å². The van der Waals surface area contributed by atoms with E-state index in [1.807, 2.05) is 30.3 Å². The zero-order chi connectivity index (χ0) is 15.4. The van der Waals surface area contributed by atoms with Crippen LogP contribution in [0.5, 0.6) is 0 Å². The quantitative estimate of drug-likeness (QED) is 0.705. The summed E-state index contributed by atoms with van der Waals surface area (Å²) >= 11 is 5.95. The van der Waals surface area contributed by atoms with Crippen LogP contribution in [0, 0.1) is 5.82 Å². The molecule has 0 atom stereocenters. The van der Waals surface area contributed by atoms with Gasteiger partial charge in [0, 0.05) is 6.08 Å². The molecule has 110 valence electrons. The Morgan fingerprint density at radius 3 is 2.64 bits per heavy atom. The first-order chi connectivity index (χ1) is 10.7. The van der Waals surface area contributed by atoms with Crippen LogP contribution in [0.2, 0.25) is 5.02 Å². The molecule has 0 aliphatic heterocycles. The number of aromatic nitrogens is 2. The first kappa shape index (κ1) is 14.5. The molecule has 0 fully saturated rings.